The minimum absolute atomic E-state index is 0.0463. The highest BCUT2D eigenvalue weighted by Crippen LogP contribution is 2.39. The van der Waals surface area contributed by atoms with Crippen molar-refractivity contribution in [1.29, 1.82) is 0 Å². The number of aryl methyl sites for hydroxylation is 1. The van der Waals surface area contributed by atoms with Crippen LogP contribution in [0.3, 0.4) is 0 Å². The van der Waals surface area contributed by atoms with E-state index in [-0.39, 0.29) is 41.0 Å². The molecule has 0 bridgehead atoms. The molecule has 8 heteroatoms. The Morgan fingerprint density at radius 3 is 2.11 bits per heavy atom. The fourth-order valence-corrected chi connectivity index (χ4v) is 6.20. The van der Waals surface area contributed by atoms with E-state index in [1.807, 2.05) is 19.9 Å². The van der Waals surface area contributed by atoms with Crippen LogP contribution < -0.4 is 0 Å². The van der Waals surface area contributed by atoms with Crippen molar-refractivity contribution in [2.45, 2.75) is 109 Å². The lowest BCUT2D eigenvalue weighted by atomic mass is 9.96. The van der Waals surface area contributed by atoms with Gasteiger partial charge in [-0.25, -0.2) is 0 Å². The van der Waals surface area contributed by atoms with E-state index >= 15 is 0 Å². The molecular formula is C30H50O6SSi. The molecule has 4 atom stereocenters. The van der Waals surface area contributed by atoms with Crippen molar-refractivity contribution >= 4 is 24.4 Å². The van der Waals surface area contributed by atoms with Crippen molar-refractivity contribution in [3.05, 3.63) is 55.1 Å². The Labute approximate surface area is 233 Å². The van der Waals surface area contributed by atoms with Crippen LogP contribution in [0.2, 0.25) is 18.1 Å². The normalized spacial score (nSPS) is 15.8. The van der Waals surface area contributed by atoms with Gasteiger partial charge in [-0.3, -0.25) is 8.98 Å². The molecule has 0 aliphatic rings. The van der Waals surface area contributed by atoms with E-state index in [1.165, 1.54) is 12.1 Å². The maximum Gasteiger partial charge on any atom is 0.306 e. The summed E-state index contributed by atoms with van der Waals surface area (Å²) in [6, 6.07) is 6.49. The third-order valence-corrected chi connectivity index (χ3v) is 13.2. The zero-order valence-corrected chi connectivity index (χ0v) is 26.6. The van der Waals surface area contributed by atoms with Gasteiger partial charge in [-0.2, -0.15) is 8.42 Å². The Kier molecular flexibility index (Phi) is 13.7. The number of carbonyl (C=O) groups excluding carboxylic acids is 1. The molecule has 0 saturated carbocycles. The highest BCUT2D eigenvalue weighted by Gasteiger charge is 2.40. The molecule has 0 spiro atoms. The van der Waals surface area contributed by atoms with Crippen LogP contribution >= 0.6 is 0 Å². The SMILES string of the molecule is C=CCC(OC(=O)CCCC(O[Si](C)(C)C(C)(C)C)[C@@H](C)CC=C)[C@@H](C)COS(=O)(=O)c1ccc(C)cc1. The molecule has 0 N–H and O–H groups in total. The van der Waals surface area contributed by atoms with Gasteiger partial charge in [-0.05, 0) is 62.4 Å². The summed E-state index contributed by atoms with van der Waals surface area (Å²) in [5, 5.41) is 0.0983. The average Bonchev–Trinajstić information content (AvgIpc) is 2.81. The monoisotopic (exact) mass is 566 g/mol. The highest BCUT2D eigenvalue weighted by molar-refractivity contribution is 7.86. The van der Waals surface area contributed by atoms with Gasteiger partial charge in [-0.1, -0.05) is 64.5 Å². The third kappa shape index (κ3) is 11.2. The fourth-order valence-electron chi connectivity index (χ4n) is 3.74. The van der Waals surface area contributed by atoms with Gasteiger partial charge in [0.05, 0.1) is 11.5 Å². The summed E-state index contributed by atoms with van der Waals surface area (Å²) >= 11 is 0. The first-order valence-electron chi connectivity index (χ1n) is 13.6. The molecule has 0 saturated heterocycles. The van der Waals surface area contributed by atoms with Crippen LogP contribution in [-0.2, 0) is 28.3 Å². The van der Waals surface area contributed by atoms with Crippen LogP contribution in [-0.4, -0.2) is 41.5 Å². The van der Waals surface area contributed by atoms with Crippen LogP contribution in [0.5, 0.6) is 0 Å². The van der Waals surface area contributed by atoms with Crippen molar-refractivity contribution in [3.8, 4) is 0 Å². The van der Waals surface area contributed by atoms with E-state index in [0.717, 1.165) is 18.4 Å². The van der Waals surface area contributed by atoms with Crippen molar-refractivity contribution in [2.75, 3.05) is 6.61 Å². The quantitative estimate of drug-likeness (QED) is 0.0836. The first kappa shape index (κ1) is 34.3. The molecule has 0 heterocycles. The maximum atomic E-state index is 12.7. The minimum Gasteiger partial charge on any atom is -0.462 e. The predicted octanol–water partition coefficient (Wildman–Crippen LogP) is 7.60. The molecule has 1 aromatic carbocycles. The molecule has 0 aromatic heterocycles. The summed E-state index contributed by atoms with van der Waals surface area (Å²) in [5.74, 6) is -0.342. The van der Waals surface area contributed by atoms with E-state index in [1.54, 1.807) is 18.2 Å². The fraction of sp³-hybridized carbons (Fsp3) is 0.633. The van der Waals surface area contributed by atoms with E-state index in [0.29, 0.717) is 18.8 Å². The van der Waals surface area contributed by atoms with E-state index in [4.69, 9.17) is 13.3 Å². The van der Waals surface area contributed by atoms with Crippen molar-refractivity contribution < 1.29 is 26.6 Å². The Bertz CT molecular complexity index is 995. The Morgan fingerprint density at radius 2 is 1.58 bits per heavy atom. The van der Waals surface area contributed by atoms with Gasteiger partial charge in [0.15, 0.2) is 8.32 Å². The zero-order valence-electron chi connectivity index (χ0n) is 24.8. The molecule has 0 fully saturated rings. The standard InChI is InChI=1S/C30H50O6SSi/c1-11-14-24(4)28(36-38(9,10)30(6,7)8)16-13-17-29(31)35-27(15-12-2)25(5)22-34-37(32,33)26-20-18-23(3)19-21-26/h11-12,18-21,24-25,27-28H,1-2,13-17,22H2,3-10H3/t24-,25-,27?,28?/m0/s1. The predicted molar refractivity (Wildman–Crippen MR) is 158 cm³/mol. The van der Waals surface area contributed by atoms with Crippen molar-refractivity contribution in [2.24, 2.45) is 11.8 Å². The topological polar surface area (TPSA) is 78.9 Å². The van der Waals surface area contributed by atoms with E-state index in [2.05, 4.69) is 53.9 Å². The van der Waals surface area contributed by atoms with Gasteiger partial charge in [0, 0.05) is 24.9 Å². The summed E-state index contributed by atoms with van der Waals surface area (Å²) in [6.07, 6.45) is 6.05. The van der Waals surface area contributed by atoms with Crippen LogP contribution in [0, 0.1) is 18.8 Å². The second kappa shape index (κ2) is 15.2. The van der Waals surface area contributed by atoms with Crippen LogP contribution in [0.4, 0.5) is 0 Å². The molecule has 2 unspecified atom stereocenters. The number of benzene rings is 1. The van der Waals surface area contributed by atoms with Gasteiger partial charge >= 0.3 is 5.97 Å². The number of rotatable bonds is 17. The minimum atomic E-state index is -3.90. The van der Waals surface area contributed by atoms with Crippen molar-refractivity contribution in [3.63, 3.8) is 0 Å². The molecule has 0 aliphatic heterocycles. The summed E-state index contributed by atoms with van der Waals surface area (Å²) in [6.45, 7) is 24.6. The maximum absolute atomic E-state index is 12.7. The number of allylic oxidation sites excluding steroid dienone is 1. The lowest BCUT2D eigenvalue weighted by molar-refractivity contribution is -0.152. The number of esters is 1. The molecule has 1 aromatic rings. The molecular weight excluding hydrogens is 516 g/mol. The van der Waals surface area contributed by atoms with E-state index < -0.39 is 24.5 Å². The second-order valence-corrected chi connectivity index (χ2v) is 18.3. The molecule has 0 aliphatic carbocycles. The third-order valence-electron chi connectivity index (χ3n) is 7.41. The smallest absolute Gasteiger partial charge is 0.306 e. The summed E-state index contributed by atoms with van der Waals surface area (Å²) in [5.41, 5.74) is 0.961. The molecule has 38 heavy (non-hydrogen) atoms. The molecule has 0 radical (unpaired) electrons. The summed E-state index contributed by atoms with van der Waals surface area (Å²) in [4.78, 5) is 12.8. The Balaban J connectivity index is 2.72. The lowest BCUT2D eigenvalue weighted by Gasteiger charge is -2.41. The number of hydrogen-bond donors (Lipinski definition) is 0. The first-order valence-corrected chi connectivity index (χ1v) is 17.9. The van der Waals surface area contributed by atoms with Crippen molar-refractivity contribution in [1.82, 2.24) is 0 Å². The average molecular weight is 567 g/mol. The summed E-state index contributed by atoms with van der Waals surface area (Å²) in [7, 11) is -5.86. The zero-order chi connectivity index (χ0) is 29.1. The number of hydrogen-bond acceptors (Lipinski definition) is 6. The van der Waals surface area contributed by atoms with Gasteiger partial charge < -0.3 is 9.16 Å². The van der Waals surface area contributed by atoms with Gasteiger partial charge in [0.25, 0.3) is 10.1 Å². The molecule has 1 rings (SSSR count). The summed E-state index contributed by atoms with van der Waals surface area (Å²) < 4.78 is 42.9. The lowest BCUT2D eigenvalue weighted by Crippen LogP contribution is -2.45. The van der Waals surface area contributed by atoms with Crippen LogP contribution in [0.15, 0.2) is 54.5 Å². The van der Waals surface area contributed by atoms with Crippen LogP contribution in [0.25, 0.3) is 0 Å². The second-order valence-electron chi connectivity index (χ2n) is 11.9. The molecule has 6 nitrogen and oxygen atoms in total. The van der Waals surface area contributed by atoms with Gasteiger partial charge in [-0.15, -0.1) is 13.2 Å². The molecule has 0 amide bonds. The van der Waals surface area contributed by atoms with Crippen LogP contribution in [0.1, 0.15) is 72.3 Å². The molecule has 216 valence electrons. The van der Waals surface area contributed by atoms with E-state index in [9.17, 15) is 13.2 Å². The Hall–Kier alpha value is -1.74. The largest absolute Gasteiger partial charge is 0.462 e. The van der Waals surface area contributed by atoms with Gasteiger partial charge in [0.2, 0.25) is 0 Å². The number of ether oxygens (including phenoxy) is 1. The highest BCUT2D eigenvalue weighted by atomic mass is 32.2. The Morgan fingerprint density at radius 1 is 1.00 bits per heavy atom. The van der Waals surface area contributed by atoms with Gasteiger partial charge in [0.1, 0.15) is 6.10 Å². The number of carbonyl (C=O) groups is 1. The first-order chi connectivity index (χ1) is 17.5.